The average molecular weight is 554 g/mol. The van der Waals surface area contributed by atoms with Gasteiger partial charge in [-0.05, 0) is 55.3 Å². The standard InChI is InChI=1S/C25H24ClN7O2S2/c26-18-6-8-20(9-7-18)37(34,35)30-12-2-1-11-28-24-29-13-10-21(31-24)23-22(17-4-3-5-19(27)16-17)32-25-33(23)14-15-36-25/h3-10,13-16,30H,1-2,11-12,27H2,(H,28,29,31). The molecule has 0 atom stereocenters. The molecule has 190 valence electrons. The van der Waals surface area contributed by atoms with Crippen molar-refractivity contribution < 1.29 is 8.42 Å². The summed E-state index contributed by atoms with van der Waals surface area (Å²) in [7, 11) is -3.56. The van der Waals surface area contributed by atoms with Gasteiger partial charge in [0.25, 0.3) is 0 Å². The maximum Gasteiger partial charge on any atom is 0.240 e. The molecule has 4 N–H and O–H groups in total. The van der Waals surface area contributed by atoms with Gasteiger partial charge >= 0.3 is 0 Å². The van der Waals surface area contributed by atoms with Gasteiger partial charge in [-0.15, -0.1) is 11.3 Å². The maximum atomic E-state index is 12.4. The molecule has 5 rings (SSSR count). The van der Waals surface area contributed by atoms with Crippen molar-refractivity contribution in [1.82, 2.24) is 24.1 Å². The Morgan fingerprint density at radius 3 is 2.65 bits per heavy atom. The highest BCUT2D eigenvalue weighted by Gasteiger charge is 2.18. The fraction of sp³-hybridized carbons (Fsp3) is 0.160. The third kappa shape index (κ3) is 5.75. The van der Waals surface area contributed by atoms with Gasteiger partial charge < -0.3 is 11.1 Å². The highest BCUT2D eigenvalue weighted by molar-refractivity contribution is 7.89. The molecule has 5 aromatic rings. The number of hydrogen-bond acceptors (Lipinski definition) is 8. The molecule has 0 bridgehead atoms. The summed E-state index contributed by atoms with van der Waals surface area (Å²) >= 11 is 7.38. The summed E-state index contributed by atoms with van der Waals surface area (Å²) in [4.78, 5) is 14.9. The molecule has 0 aliphatic rings. The number of halogens is 1. The minimum atomic E-state index is -3.56. The van der Waals surface area contributed by atoms with Crippen molar-refractivity contribution in [3.63, 3.8) is 0 Å². The first-order chi connectivity index (χ1) is 17.9. The fourth-order valence-electron chi connectivity index (χ4n) is 3.85. The summed E-state index contributed by atoms with van der Waals surface area (Å²) in [5, 5.41) is 5.71. The van der Waals surface area contributed by atoms with Crippen LogP contribution >= 0.6 is 22.9 Å². The van der Waals surface area contributed by atoms with Gasteiger partial charge in [-0.2, -0.15) is 0 Å². The lowest BCUT2D eigenvalue weighted by atomic mass is 10.1. The van der Waals surface area contributed by atoms with Crippen molar-refractivity contribution in [2.75, 3.05) is 24.1 Å². The lowest BCUT2D eigenvalue weighted by molar-refractivity contribution is 0.577. The van der Waals surface area contributed by atoms with Crippen LogP contribution in [-0.2, 0) is 10.0 Å². The number of imidazole rings is 1. The number of unbranched alkanes of at least 4 members (excludes halogenated alkanes) is 1. The summed E-state index contributed by atoms with van der Waals surface area (Å²) in [6.07, 6.45) is 5.06. The monoisotopic (exact) mass is 553 g/mol. The van der Waals surface area contributed by atoms with E-state index < -0.39 is 10.0 Å². The predicted molar refractivity (Wildman–Crippen MR) is 148 cm³/mol. The third-order valence-electron chi connectivity index (χ3n) is 5.62. The molecule has 0 amide bonds. The van der Waals surface area contributed by atoms with Gasteiger partial charge in [0.2, 0.25) is 16.0 Å². The minimum Gasteiger partial charge on any atom is -0.399 e. The number of nitrogens with two attached hydrogens (primary N) is 1. The van der Waals surface area contributed by atoms with Crippen molar-refractivity contribution in [2.24, 2.45) is 0 Å². The Bertz CT molecular complexity index is 1630. The van der Waals surface area contributed by atoms with Crippen LogP contribution in [0.1, 0.15) is 12.8 Å². The van der Waals surface area contributed by atoms with E-state index in [9.17, 15) is 8.42 Å². The summed E-state index contributed by atoms with van der Waals surface area (Å²) in [6, 6.07) is 15.6. The zero-order valence-electron chi connectivity index (χ0n) is 19.6. The Labute approximate surface area is 223 Å². The Balaban J connectivity index is 1.22. The Morgan fingerprint density at radius 1 is 1.03 bits per heavy atom. The number of sulfonamides is 1. The van der Waals surface area contributed by atoms with Crippen LogP contribution in [0.15, 0.2) is 77.3 Å². The summed E-state index contributed by atoms with van der Waals surface area (Å²) < 4.78 is 29.4. The van der Waals surface area contributed by atoms with E-state index >= 15 is 0 Å². The van der Waals surface area contributed by atoms with Crippen LogP contribution in [0.25, 0.3) is 27.6 Å². The Kier molecular flexibility index (Phi) is 7.38. The molecule has 12 heteroatoms. The van der Waals surface area contributed by atoms with E-state index in [-0.39, 0.29) is 4.90 Å². The molecule has 0 aliphatic carbocycles. The number of benzene rings is 2. The van der Waals surface area contributed by atoms with E-state index in [0.29, 0.717) is 36.2 Å². The minimum absolute atomic E-state index is 0.192. The van der Waals surface area contributed by atoms with Crippen LogP contribution in [0.4, 0.5) is 11.6 Å². The molecule has 0 radical (unpaired) electrons. The van der Waals surface area contributed by atoms with Crippen molar-refractivity contribution in [3.8, 4) is 22.6 Å². The number of fused-ring (bicyclic) bond motifs is 1. The number of aromatic nitrogens is 4. The van der Waals surface area contributed by atoms with Crippen LogP contribution < -0.4 is 15.8 Å². The largest absolute Gasteiger partial charge is 0.399 e. The molecule has 0 spiro atoms. The van der Waals surface area contributed by atoms with Crippen molar-refractivity contribution in [2.45, 2.75) is 17.7 Å². The highest BCUT2D eigenvalue weighted by atomic mass is 35.5. The van der Waals surface area contributed by atoms with Crippen molar-refractivity contribution in [3.05, 3.63) is 77.4 Å². The normalized spacial score (nSPS) is 11.7. The number of rotatable bonds is 10. The van der Waals surface area contributed by atoms with Crippen molar-refractivity contribution in [1.29, 1.82) is 0 Å². The van der Waals surface area contributed by atoms with Gasteiger partial charge in [-0.25, -0.2) is 28.1 Å². The van der Waals surface area contributed by atoms with E-state index in [0.717, 1.165) is 34.0 Å². The Hall–Kier alpha value is -3.51. The number of nitrogen functional groups attached to an aromatic ring is 1. The Morgan fingerprint density at radius 2 is 1.84 bits per heavy atom. The predicted octanol–water partition coefficient (Wildman–Crippen LogP) is 4.93. The van der Waals surface area contributed by atoms with Crippen LogP contribution in [-0.4, -0.2) is 40.9 Å². The summed E-state index contributed by atoms with van der Waals surface area (Å²) in [6.45, 7) is 0.914. The molecular weight excluding hydrogens is 530 g/mol. The second-order valence-corrected chi connectivity index (χ2v) is 11.3. The number of hydrogen-bond donors (Lipinski definition) is 3. The van der Waals surface area contributed by atoms with Gasteiger partial charge in [0.05, 0.1) is 16.3 Å². The lowest BCUT2D eigenvalue weighted by Crippen LogP contribution is -2.25. The molecule has 0 fully saturated rings. The molecule has 37 heavy (non-hydrogen) atoms. The molecule has 3 aromatic heterocycles. The molecule has 9 nitrogen and oxygen atoms in total. The van der Waals surface area contributed by atoms with Crippen LogP contribution in [0.3, 0.4) is 0 Å². The van der Waals surface area contributed by atoms with E-state index in [1.165, 1.54) is 12.1 Å². The molecule has 0 saturated carbocycles. The lowest BCUT2D eigenvalue weighted by Gasteiger charge is -2.09. The number of anilines is 2. The number of thiazole rings is 1. The van der Waals surface area contributed by atoms with E-state index in [1.54, 1.807) is 29.7 Å². The molecule has 0 unspecified atom stereocenters. The number of nitrogens with one attached hydrogen (secondary N) is 2. The highest BCUT2D eigenvalue weighted by Crippen LogP contribution is 2.34. The second kappa shape index (κ2) is 10.9. The van der Waals surface area contributed by atoms with Crippen LogP contribution in [0.5, 0.6) is 0 Å². The van der Waals surface area contributed by atoms with E-state index in [1.807, 2.05) is 46.3 Å². The smallest absolute Gasteiger partial charge is 0.240 e. The summed E-state index contributed by atoms with van der Waals surface area (Å²) in [5.41, 5.74) is 10.0. The second-order valence-electron chi connectivity index (χ2n) is 8.24. The van der Waals surface area contributed by atoms with Gasteiger partial charge in [0.15, 0.2) is 4.96 Å². The zero-order valence-corrected chi connectivity index (χ0v) is 22.0. The SMILES string of the molecule is Nc1cccc(-c2nc3sccn3c2-c2ccnc(NCCCCNS(=O)(=O)c3ccc(Cl)cc3)n2)c1. The first kappa shape index (κ1) is 25.2. The zero-order chi connectivity index (χ0) is 25.8. The molecule has 0 aliphatic heterocycles. The van der Waals surface area contributed by atoms with Crippen molar-refractivity contribution >= 4 is 49.6 Å². The molecular formula is C25H24ClN7O2S2. The quantitative estimate of drug-likeness (QED) is 0.165. The first-order valence-electron chi connectivity index (χ1n) is 11.5. The third-order valence-corrected chi connectivity index (χ3v) is 8.11. The van der Waals surface area contributed by atoms with Gasteiger partial charge in [0.1, 0.15) is 5.69 Å². The molecule has 0 saturated heterocycles. The first-order valence-corrected chi connectivity index (χ1v) is 14.3. The molecule has 2 aromatic carbocycles. The van der Waals surface area contributed by atoms with Gasteiger partial charge in [-0.1, -0.05) is 23.7 Å². The van der Waals surface area contributed by atoms with Crippen LogP contribution in [0, 0.1) is 0 Å². The maximum absolute atomic E-state index is 12.4. The average Bonchev–Trinajstić information content (AvgIpc) is 3.48. The topological polar surface area (TPSA) is 127 Å². The molecule has 3 heterocycles. The summed E-state index contributed by atoms with van der Waals surface area (Å²) in [5.74, 6) is 0.489. The van der Waals surface area contributed by atoms with Gasteiger partial charge in [-0.3, -0.25) is 4.40 Å². The van der Waals surface area contributed by atoms with Crippen LogP contribution in [0.2, 0.25) is 5.02 Å². The number of nitrogens with zero attached hydrogens (tertiary/aromatic N) is 4. The fourth-order valence-corrected chi connectivity index (χ4v) is 5.76. The van der Waals surface area contributed by atoms with Gasteiger partial charge in [0, 0.05) is 47.1 Å². The van der Waals surface area contributed by atoms with E-state index in [2.05, 4.69) is 15.0 Å². The van der Waals surface area contributed by atoms with E-state index in [4.69, 9.17) is 27.3 Å².